The summed E-state index contributed by atoms with van der Waals surface area (Å²) in [5.74, 6) is -1.38. The molecule has 0 unspecified atom stereocenters. The summed E-state index contributed by atoms with van der Waals surface area (Å²) in [5.41, 5.74) is 0.259. The van der Waals surface area contributed by atoms with E-state index in [-0.39, 0.29) is 16.2 Å². The van der Waals surface area contributed by atoms with Crippen molar-refractivity contribution in [3.8, 4) is 5.75 Å². The lowest BCUT2D eigenvalue weighted by molar-refractivity contribution is -0.274. The smallest absolute Gasteiger partial charge is 0.455 e. The van der Waals surface area contributed by atoms with Crippen LogP contribution < -0.4 is 10.1 Å². The van der Waals surface area contributed by atoms with Crippen molar-refractivity contribution in [1.82, 2.24) is 0 Å². The number of hydrogen-bond acceptors (Lipinski definition) is 5. The van der Waals surface area contributed by atoms with Crippen molar-refractivity contribution in [3.63, 3.8) is 0 Å². The van der Waals surface area contributed by atoms with Crippen LogP contribution in [0.15, 0.2) is 24.3 Å². The summed E-state index contributed by atoms with van der Waals surface area (Å²) in [4.78, 5) is 23.1. The Morgan fingerprint density at radius 3 is 2.21 bits per heavy atom. The molecule has 0 radical (unpaired) electrons. The van der Waals surface area contributed by atoms with Crippen LogP contribution >= 0.6 is 11.8 Å². The minimum absolute atomic E-state index is 0.0957. The Kier molecular flexibility index (Phi) is 6.94. The van der Waals surface area contributed by atoms with E-state index in [2.05, 4.69) is 10.1 Å². The molecule has 0 saturated heterocycles. The van der Waals surface area contributed by atoms with Gasteiger partial charge in [-0.1, -0.05) is 20.8 Å². The van der Waals surface area contributed by atoms with E-state index >= 15 is 0 Å². The summed E-state index contributed by atoms with van der Waals surface area (Å²) < 4.78 is 44.5. The number of rotatable bonds is 6. The van der Waals surface area contributed by atoms with Gasteiger partial charge < -0.3 is 14.8 Å². The second-order valence-corrected chi connectivity index (χ2v) is 7.48. The molecule has 0 aliphatic heterocycles. The highest BCUT2D eigenvalue weighted by molar-refractivity contribution is 8.01. The van der Waals surface area contributed by atoms with Gasteiger partial charge in [-0.05, 0) is 24.3 Å². The molecule has 0 aromatic heterocycles. The number of halogens is 3. The molecule has 1 rings (SSSR count). The van der Waals surface area contributed by atoms with Crippen molar-refractivity contribution < 1.29 is 32.2 Å². The minimum Gasteiger partial charge on any atom is -0.455 e. The van der Waals surface area contributed by atoms with Crippen LogP contribution in [-0.2, 0) is 14.3 Å². The second kappa shape index (κ2) is 8.27. The highest BCUT2D eigenvalue weighted by Crippen LogP contribution is 2.24. The highest BCUT2D eigenvalue weighted by Gasteiger charge is 2.30. The van der Waals surface area contributed by atoms with Crippen molar-refractivity contribution in [1.29, 1.82) is 0 Å². The number of ether oxygens (including phenoxy) is 2. The predicted molar refractivity (Wildman–Crippen MR) is 84.9 cm³/mol. The Labute approximate surface area is 141 Å². The lowest BCUT2D eigenvalue weighted by atomic mass is 10.3. The van der Waals surface area contributed by atoms with Gasteiger partial charge in [0.05, 0.1) is 5.75 Å². The lowest BCUT2D eigenvalue weighted by Crippen LogP contribution is -2.22. The molecular formula is C15H18F3NO4S. The zero-order chi connectivity index (χ0) is 18.4. The van der Waals surface area contributed by atoms with E-state index in [0.29, 0.717) is 0 Å². The second-order valence-electron chi connectivity index (χ2n) is 5.68. The van der Waals surface area contributed by atoms with Gasteiger partial charge in [0.15, 0.2) is 6.61 Å². The summed E-state index contributed by atoms with van der Waals surface area (Å²) in [7, 11) is 0. The largest absolute Gasteiger partial charge is 0.573 e. The topological polar surface area (TPSA) is 64.6 Å². The van der Waals surface area contributed by atoms with Gasteiger partial charge in [-0.2, -0.15) is 0 Å². The number of alkyl halides is 3. The van der Waals surface area contributed by atoms with Crippen molar-refractivity contribution >= 4 is 29.3 Å². The summed E-state index contributed by atoms with van der Waals surface area (Å²) >= 11 is 1.39. The maximum absolute atomic E-state index is 12.0. The molecular weight excluding hydrogens is 347 g/mol. The van der Waals surface area contributed by atoms with Crippen molar-refractivity contribution in [2.75, 3.05) is 17.7 Å². The zero-order valence-electron chi connectivity index (χ0n) is 13.4. The molecule has 1 aromatic rings. The van der Waals surface area contributed by atoms with Crippen molar-refractivity contribution in [2.45, 2.75) is 31.9 Å². The number of anilines is 1. The first-order chi connectivity index (χ1) is 10.9. The number of benzene rings is 1. The first-order valence-electron chi connectivity index (χ1n) is 6.90. The fourth-order valence-corrected chi connectivity index (χ4v) is 2.03. The highest BCUT2D eigenvalue weighted by atomic mass is 32.2. The molecule has 0 bridgehead atoms. The summed E-state index contributed by atoms with van der Waals surface area (Å²) in [6.07, 6.45) is -4.77. The third kappa shape index (κ3) is 9.29. The SMILES string of the molecule is CC(C)(C)SCC(=O)OCC(=O)Nc1ccc(OC(F)(F)F)cc1. The lowest BCUT2D eigenvalue weighted by Gasteiger charge is -2.16. The average Bonchev–Trinajstić information content (AvgIpc) is 2.43. The minimum atomic E-state index is -4.77. The molecule has 5 nitrogen and oxygen atoms in total. The van der Waals surface area contributed by atoms with Gasteiger partial charge in [0.1, 0.15) is 5.75 Å². The van der Waals surface area contributed by atoms with Crippen LogP contribution in [0.2, 0.25) is 0 Å². The van der Waals surface area contributed by atoms with Gasteiger partial charge >= 0.3 is 12.3 Å². The first-order valence-corrected chi connectivity index (χ1v) is 7.88. The van der Waals surface area contributed by atoms with Gasteiger partial charge in [-0.25, -0.2) is 0 Å². The van der Waals surface area contributed by atoms with Crippen molar-refractivity contribution in [3.05, 3.63) is 24.3 Å². The molecule has 9 heteroatoms. The molecule has 0 atom stereocenters. The molecule has 1 aromatic carbocycles. The van der Waals surface area contributed by atoms with Gasteiger partial charge in [-0.15, -0.1) is 24.9 Å². The van der Waals surface area contributed by atoms with Crippen LogP contribution in [0.3, 0.4) is 0 Å². The molecule has 134 valence electrons. The maximum atomic E-state index is 12.0. The van der Waals surface area contributed by atoms with Crippen LogP contribution in [0.25, 0.3) is 0 Å². The molecule has 0 saturated carbocycles. The molecule has 0 spiro atoms. The van der Waals surface area contributed by atoms with Gasteiger partial charge in [0.25, 0.3) is 5.91 Å². The Bertz CT molecular complexity index is 568. The number of thioether (sulfide) groups is 1. The normalized spacial score (nSPS) is 11.8. The van der Waals surface area contributed by atoms with Crippen LogP contribution in [0.4, 0.5) is 18.9 Å². The standard InChI is InChI=1S/C15H18F3NO4S/c1-14(2,3)24-9-13(21)22-8-12(20)19-10-4-6-11(7-5-10)23-15(16,17)18/h4-7H,8-9H2,1-3H3,(H,19,20). The Morgan fingerprint density at radius 1 is 1.12 bits per heavy atom. The molecule has 0 aliphatic carbocycles. The quantitative estimate of drug-likeness (QED) is 0.781. The Hall–Kier alpha value is -1.90. The van der Waals surface area contributed by atoms with Gasteiger partial charge in [-0.3, -0.25) is 9.59 Å². The Balaban J connectivity index is 2.38. The Morgan fingerprint density at radius 2 is 1.71 bits per heavy atom. The number of carbonyl (C=O) groups excluding carboxylic acids is 2. The third-order valence-corrected chi connectivity index (χ3v) is 3.61. The molecule has 24 heavy (non-hydrogen) atoms. The van der Waals surface area contributed by atoms with E-state index < -0.39 is 30.6 Å². The van der Waals surface area contributed by atoms with Crippen LogP contribution in [0, 0.1) is 0 Å². The summed E-state index contributed by atoms with van der Waals surface area (Å²) in [6.45, 7) is 5.38. The van der Waals surface area contributed by atoms with Gasteiger partial charge in [0, 0.05) is 10.4 Å². The van der Waals surface area contributed by atoms with Crippen LogP contribution in [0.5, 0.6) is 5.75 Å². The third-order valence-electron chi connectivity index (χ3n) is 2.36. The monoisotopic (exact) mass is 365 g/mol. The van der Waals surface area contributed by atoms with E-state index in [0.717, 1.165) is 12.1 Å². The van der Waals surface area contributed by atoms with E-state index in [1.165, 1.54) is 23.9 Å². The molecule has 0 heterocycles. The summed E-state index contributed by atoms with van der Waals surface area (Å²) in [5, 5.41) is 2.40. The van der Waals surface area contributed by atoms with Crippen LogP contribution in [-0.4, -0.2) is 35.3 Å². The van der Waals surface area contributed by atoms with E-state index in [9.17, 15) is 22.8 Å². The summed E-state index contributed by atoms with van der Waals surface area (Å²) in [6, 6.07) is 4.62. The fraction of sp³-hybridized carbons (Fsp3) is 0.467. The molecule has 1 N–H and O–H groups in total. The molecule has 0 fully saturated rings. The fourth-order valence-electron chi connectivity index (χ4n) is 1.40. The number of amides is 1. The number of carbonyl (C=O) groups is 2. The molecule has 0 aliphatic rings. The van der Waals surface area contributed by atoms with Gasteiger partial charge in [0.2, 0.25) is 0 Å². The van der Waals surface area contributed by atoms with E-state index in [1.54, 1.807) is 0 Å². The maximum Gasteiger partial charge on any atom is 0.573 e. The van der Waals surface area contributed by atoms with E-state index in [1.807, 2.05) is 20.8 Å². The van der Waals surface area contributed by atoms with E-state index in [4.69, 9.17) is 4.74 Å². The zero-order valence-corrected chi connectivity index (χ0v) is 14.2. The first kappa shape index (κ1) is 20.1. The molecule has 1 amide bonds. The van der Waals surface area contributed by atoms with Crippen LogP contribution in [0.1, 0.15) is 20.8 Å². The number of nitrogens with one attached hydrogen (secondary N) is 1. The number of esters is 1. The number of hydrogen-bond donors (Lipinski definition) is 1. The average molecular weight is 365 g/mol. The predicted octanol–water partition coefficient (Wildman–Crippen LogP) is 3.60. The van der Waals surface area contributed by atoms with Crippen molar-refractivity contribution in [2.24, 2.45) is 0 Å².